The summed E-state index contributed by atoms with van der Waals surface area (Å²) in [6.45, 7) is 8.15. The van der Waals surface area contributed by atoms with Gasteiger partial charge in [0.25, 0.3) is 0 Å². The summed E-state index contributed by atoms with van der Waals surface area (Å²) < 4.78 is 0. The highest BCUT2D eigenvalue weighted by Gasteiger charge is 2.30. The molecule has 1 heterocycles. The molecule has 2 rings (SSSR count). The zero-order chi connectivity index (χ0) is 14.8. The van der Waals surface area contributed by atoms with Gasteiger partial charge in [-0.2, -0.15) is 5.10 Å². The number of hydrogen-bond donors (Lipinski definition) is 0. The van der Waals surface area contributed by atoms with Crippen molar-refractivity contribution in [2.75, 3.05) is 0 Å². The van der Waals surface area contributed by atoms with Crippen LogP contribution >= 0.6 is 0 Å². The van der Waals surface area contributed by atoms with Crippen molar-refractivity contribution in [2.24, 2.45) is 5.10 Å². The van der Waals surface area contributed by atoms with E-state index in [-0.39, 0.29) is 11.9 Å². The van der Waals surface area contributed by atoms with Gasteiger partial charge in [-0.3, -0.25) is 4.79 Å². The molecule has 0 radical (unpaired) electrons. The van der Waals surface area contributed by atoms with Gasteiger partial charge >= 0.3 is 0 Å². The quantitative estimate of drug-likeness (QED) is 0.576. The van der Waals surface area contributed by atoms with E-state index < -0.39 is 8.07 Å². The van der Waals surface area contributed by atoms with Gasteiger partial charge in [0.1, 0.15) is 13.8 Å². The standard InChI is InChI=1S/C16H20N2OSi/c1-13(19)18-16(14-8-6-5-7-9-14)12-15(17-18)10-11-20(2,3)4/h5-9,16H,12H2,1-4H3. The number of hydrogen-bond acceptors (Lipinski definition) is 2. The molecular weight excluding hydrogens is 264 g/mol. The average Bonchev–Trinajstić information content (AvgIpc) is 2.81. The van der Waals surface area contributed by atoms with Gasteiger partial charge in [0.15, 0.2) is 0 Å². The molecule has 1 atom stereocenters. The van der Waals surface area contributed by atoms with Crippen LogP contribution in [0.15, 0.2) is 35.4 Å². The van der Waals surface area contributed by atoms with E-state index in [1.807, 2.05) is 30.3 Å². The van der Waals surface area contributed by atoms with E-state index in [0.29, 0.717) is 6.42 Å². The van der Waals surface area contributed by atoms with Crippen molar-refractivity contribution >= 4 is 19.7 Å². The third-order valence-corrected chi connectivity index (χ3v) is 3.87. The molecule has 4 heteroatoms. The van der Waals surface area contributed by atoms with E-state index in [4.69, 9.17) is 0 Å². The molecule has 0 aliphatic carbocycles. The van der Waals surface area contributed by atoms with Crippen LogP contribution in [0, 0.1) is 11.5 Å². The first kappa shape index (κ1) is 14.5. The minimum atomic E-state index is -1.42. The molecule has 1 aromatic rings. The molecule has 0 bridgehead atoms. The van der Waals surface area contributed by atoms with Crippen molar-refractivity contribution < 1.29 is 4.79 Å². The van der Waals surface area contributed by atoms with Gasteiger partial charge in [0, 0.05) is 13.3 Å². The zero-order valence-corrected chi connectivity index (χ0v) is 13.5. The van der Waals surface area contributed by atoms with Crippen molar-refractivity contribution in [1.29, 1.82) is 0 Å². The molecule has 0 saturated heterocycles. The largest absolute Gasteiger partial charge is 0.273 e. The minimum Gasteiger partial charge on any atom is -0.273 e. The Balaban J connectivity index is 2.26. The summed E-state index contributed by atoms with van der Waals surface area (Å²) in [5.74, 6) is 3.14. The second-order valence-electron chi connectivity index (χ2n) is 6.04. The maximum Gasteiger partial charge on any atom is 0.240 e. The molecule has 0 saturated carbocycles. The number of nitrogens with zero attached hydrogens (tertiary/aromatic N) is 2. The van der Waals surface area contributed by atoms with Crippen LogP contribution in [0.2, 0.25) is 19.6 Å². The maximum atomic E-state index is 11.8. The summed E-state index contributed by atoms with van der Waals surface area (Å²) in [5.41, 5.74) is 5.24. The average molecular weight is 284 g/mol. The first-order chi connectivity index (χ1) is 9.37. The van der Waals surface area contributed by atoms with Gasteiger partial charge in [0.05, 0.1) is 6.04 Å². The lowest BCUT2D eigenvalue weighted by Crippen LogP contribution is -2.24. The van der Waals surface area contributed by atoms with Crippen LogP contribution in [0.1, 0.15) is 24.9 Å². The molecular formula is C16H20N2OSi. The molecule has 0 N–H and O–H groups in total. The van der Waals surface area contributed by atoms with Gasteiger partial charge in [-0.1, -0.05) is 55.9 Å². The SMILES string of the molecule is CC(=O)N1N=C(C#C[Si](C)(C)C)CC1c1ccccc1. The lowest BCUT2D eigenvalue weighted by molar-refractivity contribution is -0.130. The first-order valence-electron chi connectivity index (χ1n) is 6.82. The van der Waals surface area contributed by atoms with E-state index in [1.165, 1.54) is 0 Å². The smallest absolute Gasteiger partial charge is 0.240 e. The number of carbonyl (C=O) groups excluding carboxylic acids is 1. The monoisotopic (exact) mass is 284 g/mol. The fourth-order valence-electron chi connectivity index (χ4n) is 2.07. The van der Waals surface area contributed by atoms with Crippen LogP contribution in [-0.2, 0) is 4.79 Å². The Bertz CT molecular complexity index is 590. The second-order valence-corrected chi connectivity index (χ2v) is 10.8. The van der Waals surface area contributed by atoms with Crippen LogP contribution < -0.4 is 0 Å². The van der Waals surface area contributed by atoms with Crippen molar-refractivity contribution in [3.8, 4) is 11.5 Å². The summed E-state index contributed by atoms with van der Waals surface area (Å²) in [4.78, 5) is 11.8. The molecule has 1 aliphatic heterocycles. The Morgan fingerprint density at radius 1 is 1.30 bits per heavy atom. The Kier molecular flexibility index (Phi) is 4.10. The molecule has 1 unspecified atom stereocenters. The van der Waals surface area contributed by atoms with Crippen LogP contribution in [-0.4, -0.2) is 24.7 Å². The molecule has 1 amide bonds. The van der Waals surface area contributed by atoms with Crippen LogP contribution in [0.5, 0.6) is 0 Å². The number of rotatable bonds is 1. The fraction of sp³-hybridized carbons (Fsp3) is 0.375. The number of hydrazone groups is 1. The summed E-state index contributed by atoms with van der Waals surface area (Å²) in [6.07, 6.45) is 0.709. The van der Waals surface area contributed by atoms with Gasteiger partial charge in [-0.25, -0.2) is 5.01 Å². The summed E-state index contributed by atoms with van der Waals surface area (Å²) in [5, 5.41) is 5.96. The van der Waals surface area contributed by atoms with Crippen molar-refractivity contribution in [3.63, 3.8) is 0 Å². The molecule has 1 aromatic carbocycles. The van der Waals surface area contributed by atoms with Crippen LogP contribution in [0.25, 0.3) is 0 Å². The van der Waals surface area contributed by atoms with E-state index in [0.717, 1.165) is 11.3 Å². The highest BCUT2D eigenvalue weighted by molar-refractivity contribution is 6.84. The van der Waals surface area contributed by atoms with Gasteiger partial charge in [-0.05, 0) is 5.56 Å². The molecule has 104 valence electrons. The molecule has 3 nitrogen and oxygen atoms in total. The summed E-state index contributed by atoms with van der Waals surface area (Å²) in [6, 6.07) is 10.00. The highest BCUT2D eigenvalue weighted by atomic mass is 28.3. The van der Waals surface area contributed by atoms with Crippen molar-refractivity contribution in [1.82, 2.24) is 5.01 Å². The summed E-state index contributed by atoms with van der Waals surface area (Å²) >= 11 is 0. The summed E-state index contributed by atoms with van der Waals surface area (Å²) in [7, 11) is -1.42. The predicted octanol–water partition coefficient (Wildman–Crippen LogP) is 3.22. The highest BCUT2D eigenvalue weighted by Crippen LogP contribution is 2.30. The maximum absolute atomic E-state index is 11.8. The Labute approximate surface area is 121 Å². The van der Waals surface area contributed by atoms with Crippen molar-refractivity contribution in [3.05, 3.63) is 35.9 Å². The van der Waals surface area contributed by atoms with Crippen LogP contribution in [0.4, 0.5) is 0 Å². The minimum absolute atomic E-state index is 0.0142. The second kappa shape index (κ2) is 5.64. The molecule has 0 spiro atoms. The van der Waals surface area contributed by atoms with E-state index >= 15 is 0 Å². The van der Waals surface area contributed by atoms with Crippen LogP contribution in [0.3, 0.4) is 0 Å². The van der Waals surface area contributed by atoms with Gasteiger partial charge in [-0.15, -0.1) is 5.54 Å². The normalized spacial score (nSPS) is 18.3. The van der Waals surface area contributed by atoms with E-state index in [9.17, 15) is 4.79 Å². The topological polar surface area (TPSA) is 32.7 Å². The number of carbonyl (C=O) groups is 1. The fourth-order valence-corrected chi connectivity index (χ4v) is 2.59. The third kappa shape index (κ3) is 3.58. The number of benzene rings is 1. The Hall–Kier alpha value is -1.86. The van der Waals surface area contributed by atoms with E-state index in [1.54, 1.807) is 11.9 Å². The lowest BCUT2D eigenvalue weighted by atomic mass is 10.0. The van der Waals surface area contributed by atoms with Crippen molar-refractivity contribution in [2.45, 2.75) is 39.0 Å². The number of amides is 1. The molecule has 0 aromatic heterocycles. The van der Waals surface area contributed by atoms with E-state index in [2.05, 4.69) is 36.2 Å². The van der Waals surface area contributed by atoms with Gasteiger partial charge < -0.3 is 0 Å². The molecule has 1 aliphatic rings. The molecule has 0 fully saturated rings. The predicted molar refractivity (Wildman–Crippen MR) is 84.9 cm³/mol. The van der Waals surface area contributed by atoms with Gasteiger partial charge in [0.2, 0.25) is 5.91 Å². The Morgan fingerprint density at radius 3 is 2.50 bits per heavy atom. The lowest BCUT2D eigenvalue weighted by Gasteiger charge is -2.20. The Morgan fingerprint density at radius 2 is 1.95 bits per heavy atom. The molecule has 20 heavy (non-hydrogen) atoms. The first-order valence-corrected chi connectivity index (χ1v) is 10.3. The zero-order valence-electron chi connectivity index (χ0n) is 12.5. The third-order valence-electron chi connectivity index (χ3n) is 3.00.